The van der Waals surface area contributed by atoms with Gasteiger partial charge in [0.2, 0.25) is 0 Å². The first-order valence-corrected chi connectivity index (χ1v) is 4.66. The first kappa shape index (κ1) is 9.45. The van der Waals surface area contributed by atoms with Gasteiger partial charge in [-0.05, 0) is 17.7 Å². The lowest BCUT2D eigenvalue weighted by atomic mass is 10.1. The molecule has 4 heteroatoms. The van der Waals surface area contributed by atoms with Crippen LogP contribution < -0.4 is 5.73 Å². The van der Waals surface area contributed by atoms with Crippen molar-refractivity contribution in [1.82, 2.24) is 9.78 Å². The fraction of sp³-hybridized carbons (Fsp3) is 0.0909. The molecule has 0 saturated carbocycles. The summed E-state index contributed by atoms with van der Waals surface area (Å²) in [6, 6.07) is 9.51. The largest absolute Gasteiger partial charge is 0.384 e. The Morgan fingerprint density at radius 3 is 2.93 bits per heavy atom. The van der Waals surface area contributed by atoms with Crippen LogP contribution in [0.3, 0.4) is 0 Å². The SMILES string of the molecule is N=C(N)c1cccc(Cn2cccn2)c1. The first-order chi connectivity index (χ1) is 7.25. The van der Waals surface area contributed by atoms with E-state index in [2.05, 4.69) is 5.10 Å². The molecule has 0 bridgehead atoms. The molecule has 0 saturated heterocycles. The Morgan fingerprint density at radius 1 is 1.40 bits per heavy atom. The molecule has 76 valence electrons. The third-order valence-electron chi connectivity index (χ3n) is 2.14. The molecule has 0 amide bonds. The number of rotatable bonds is 3. The van der Waals surface area contributed by atoms with Crippen molar-refractivity contribution in [2.45, 2.75) is 6.54 Å². The minimum absolute atomic E-state index is 0.0947. The smallest absolute Gasteiger partial charge is 0.122 e. The Hall–Kier alpha value is -2.10. The highest BCUT2D eigenvalue weighted by atomic mass is 15.3. The molecular formula is C11H12N4. The number of nitrogen functional groups attached to an aromatic ring is 1. The molecule has 0 aliphatic rings. The number of benzene rings is 1. The van der Waals surface area contributed by atoms with Crippen molar-refractivity contribution >= 4 is 5.84 Å². The van der Waals surface area contributed by atoms with Gasteiger partial charge in [-0.25, -0.2) is 0 Å². The zero-order valence-corrected chi connectivity index (χ0v) is 8.22. The molecule has 3 N–H and O–H groups in total. The van der Waals surface area contributed by atoms with E-state index in [0.717, 1.165) is 11.1 Å². The molecule has 0 radical (unpaired) electrons. The third kappa shape index (κ3) is 2.22. The van der Waals surface area contributed by atoms with E-state index in [1.807, 2.05) is 41.2 Å². The van der Waals surface area contributed by atoms with Crippen molar-refractivity contribution in [3.63, 3.8) is 0 Å². The van der Waals surface area contributed by atoms with Gasteiger partial charge in [0.1, 0.15) is 5.84 Å². The molecule has 0 aliphatic carbocycles. The van der Waals surface area contributed by atoms with Crippen molar-refractivity contribution in [3.05, 3.63) is 53.9 Å². The zero-order chi connectivity index (χ0) is 10.7. The lowest BCUT2D eigenvalue weighted by Gasteiger charge is -2.04. The van der Waals surface area contributed by atoms with E-state index in [9.17, 15) is 0 Å². The predicted molar refractivity (Wildman–Crippen MR) is 58.8 cm³/mol. The number of hydrogen-bond donors (Lipinski definition) is 2. The average Bonchev–Trinajstić information content (AvgIpc) is 2.71. The van der Waals surface area contributed by atoms with Gasteiger partial charge in [0.05, 0.1) is 6.54 Å². The van der Waals surface area contributed by atoms with E-state index in [1.54, 1.807) is 6.20 Å². The highest BCUT2D eigenvalue weighted by molar-refractivity contribution is 5.95. The second-order valence-electron chi connectivity index (χ2n) is 3.32. The number of nitrogens with zero attached hydrogens (tertiary/aromatic N) is 2. The monoisotopic (exact) mass is 200 g/mol. The van der Waals surface area contributed by atoms with Gasteiger partial charge < -0.3 is 5.73 Å². The van der Waals surface area contributed by atoms with Crippen LogP contribution in [-0.4, -0.2) is 15.6 Å². The summed E-state index contributed by atoms with van der Waals surface area (Å²) >= 11 is 0. The number of hydrogen-bond acceptors (Lipinski definition) is 2. The van der Waals surface area contributed by atoms with Crippen molar-refractivity contribution in [1.29, 1.82) is 5.41 Å². The van der Waals surface area contributed by atoms with Gasteiger partial charge in [-0.3, -0.25) is 10.1 Å². The Kier molecular flexibility index (Phi) is 2.49. The van der Waals surface area contributed by atoms with Crippen molar-refractivity contribution in [3.8, 4) is 0 Å². The summed E-state index contributed by atoms with van der Waals surface area (Å²) in [6.45, 7) is 0.702. The Labute approximate surface area is 87.9 Å². The summed E-state index contributed by atoms with van der Waals surface area (Å²) in [6.07, 6.45) is 3.65. The highest BCUT2D eigenvalue weighted by Crippen LogP contribution is 2.06. The lowest BCUT2D eigenvalue weighted by Crippen LogP contribution is -2.11. The summed E-state index contributed by atoms with van der Waals surface area (Å²) in [5, 5.41) is 11.5. The summed E-state index contributed by atoms with van der Waals surface area (Å²) < 4.78 is 1.83. The van der Waals surface area contributed by atoms with E-state index >= 15 is 0 Å². The summed E-state index contributed by atoms with van der Waals surface area (Å²) in [5.41, 5.74) is 7.26. The predicted octanol–water partition coefficient (Wildman–Crippen LogP) is 1.22. The van der Waals surface area contributed by atoms with Crippen LogP contribution in [0.15, 0.2) is 42.7 Å². The molecule has 1 aromatic heterocycles. The molecule has 0 fully saturated rings. The molecular weight excluding hydrogens is 188 g/mol. The van der Waals surface area contributed by atoms with E-state index < -0.39 is 0 Å². The van der Waals surface area contributed by atoms with Crippen LogP contribution in [0.25, 0.3) is 0 Å². The molecule has 1 aromatic carbocycles. The van der Waals surface area contributed by atoms with Crippen molar-refractivity contribution in [2.75, 3.05) is 0 Å². The molecule has 4 nitrogen and oxygen atoms in total. The summed E-state index contributed by atoms with van der Waals surface area (Å²) in [7, 11) is 0. The standard InChI is InChI=1S/C11H12N4/c12-11(13)10-4-1-3-9(7-10)8-15-6-2-5-14-15/h1-7H,8H2,(H3,12,13). The van der Waals surface area contributed by atoms with Crippen LogP contribution >= 0.6 is 0 Å². The maximum absolute atomic E-state index is 7.34. The zero-order valence-electron chi connectivity index (χ0n) is 8.22. The Morgan fingerprint density at radius 2 is 2.27 bits per heavy atom. The van der Waals surface area contributed by atoms with E-state index in [0.29, 0.717) is 6.54 Å². The molecule has 0 aliphatic heterocycles. The lowest BCUT2D eigenvalue weighted by molar-refractivity contribution is 0.687. The maximum Gasteiger partial charge on any atom is 0.122 e. The minimum Gasteiger partial charge on any atom is -0.384 e. The van der Waals surface area contributed by atoms with Gasteiger partial charge >= 0.3 is 0 Å². The van der Waals surface area contributed by atoms with Gasteiger partial charge in [-0.2, -0.15) is 5.10 Å². The number of nitrogens with one attached hydrogen (secondary N) is 1. The van der Waals surface area contributed by atoms with Gasteiger partial charge in [0.15, 0.2) is 0 Å². The second-order valence-corrected chi connectivity index (χ2v) is 3.32. The molecule has 2 aromatic rings. The normalized spacial score (nSPS) is 10.1. The van der Waals surface area contributed by atoms with Crippen LogP contribution in [0, 0.1) is 5.41 Å². The van der Waals surface area contributed by atoms with Gasteiger partial charge in [0.25, 0.3) is 0 Å². The topological polar surface area (TPSA) is 67.7 Å². The highest BCUT2D eigenvalue weighted by Gasteiger charge is 1.99. The number of nitrogens with two attached hydrogens (primary N) is 1. The summed E-state index contributed by atoms with van der Waals surface area (Å²) in [4.78, 5) is 0. The second kappa shape index (κ2) is 3.96. The van der Waals surface area contributed by atoms with Gasteiger partial charge in [-0.15, -0.1) is 0 Å². The Bertz CT molecular complexity index is 459. The van der Waals surface area contributed by atoms with Crippen molar-refractivity contribution in [2.24, 2.45) is 5.73 Å². The van der Waals surface area contributed by atoms with E-state index in [1.165, 1.54) is 0 Å². The molecule has 0 atom stereocenters. The van der Waals surface area contributed by atoms with Gasteiger partial charge in [-0.1, -0.05) is 18.2 Å². The maximum atomic E-state index is 7.34. The van der Waals surface area contributed by atoms with Crippen LogP contribution in [0.4, 0.5) is 0 Å². The van der Waals surface area contributed by atoms with Crippen LogP contribution in [-0.2, 0) is 6.54 Å². The average molecular weight is 200 g/mol. The third-order valence-corrected chi connectivity index (χ3v) is 2.14. The van der Waals surface area contributed by atoms with Crippen LogP contribution in [0.1, 0.15) is 11.1 Å². The van der Waals surface area contributed by atoms with Gasteiger partial charge in [0, 0.05) is 18.0 Å². The quantitative estimate of drug-likeness (QED) is 0.577. The number of amidine groups is 1. The van der Waals surface area contributed by atoms with Crippen molar-refractivity contribution < 1.29 is 0 Å². The molecule has 1 heterocycles. The fourth-order valence-corrected chi connectivity index (χ4v) is 1.42. The van der Waals surface area contributed by atoms with Crippen LogP contribution in [0.2, 0.25) is 0 Å². The van der Waals surface area contributed by atoms with Crippen LogP contribution in [0.5, 0.6) is 0 Å². The molecule has 0 spiro atoms. The molecule has 15 heavy (non-hydrogen) atoms. The fourth-order valence-electron chi connectivity index (χ4n) is 1.42. The first-order valence-electron chi connectivity index (χ1n) is 4.66. The Balaban J connectivity index is 2.22. The summed E-state index contributed by atoms with van der Waals surface area (Å²) in [5.74, 6) is 0.0947. The molecule has 0 unspecified atom stereocenters. The van der Waals surface area contributed by atoms with E-state index in [-0.39, 0.29) is 5.84 Å². The van der Waals surface area contributed by atoms with E-state index in [4.69, 9.17) is 11.1 Å². The molecule has 2 rings (SSSR count). The minimum atomic E-state index is 0.0947. The number of aromatic nitrogens is 2.